The fourth-order valence-corrected chi connectivity index (χ4v) is 2.84. The molecule has 1 fully saturated rings. The highest BCUT2D eigenvalue weighted by atomic mass is 16.7. The second-order valence-electron chi connectivity index (χ2n) is 6.16. The Hall–Kier alpha value is -1.26. The molecule has 130 valence electrons. The van der Waals surface area contributed by atoms with Gasteiger partial charge in [-0.2, -0.15) is 0 Å². The van der Waals surface area contributed by atoms with E-state index < -0.39 is 0 Å². The molecule has 0 bridgehead atoms. The van der Waals surface area contributed by atoms with E-state index in [2.05, 4.69) is 13.8 Å². The van der Waals surface area contributed by atoms with Crippen molar-refractivity contribution in [2.45, 2.75) is 64.3 Å². The van der Waals surface area contributed by atoms with E-state index in [0.29, 0.717) is 13.2 Å². The lowest BCUT2D eigenvalue weighted by atomic mass is 10.0. The molecule has 4 nitrogen and oxygen atoms in total. The van der Waals surface area contributed by atoms with Crippen molar-refractivity contribution in [1.82, 2.24) is 0 Å². The molecule has 0 aliphatic carbocycles. The molecule has 1 saturated heterocycles. The van der Waals surface area contributed by atoms with E-state index in [-0.39, 0.29) is 11.9 Å². The Morgan fingerprint density at radius 3 is 2.22 bits per heavy atom. The second-order valence-corrected chi connectivity index (χ2v) is 6.16. The number of rotatable bonds is 10. The second kappa shape index (κ2) is 9.14. The first-order valence-electron chi connectivity index (χ1n) is 8.80. The number of hydrogen-bond donors (Lipinski definition) is 0. The van der Waals surface area contributed by atoms with Gasteiger partial charge in [-0.3, -0.25) is 0 Å². The standard InChI is InChI=1S/C19H30O4/c1-4-6-12-19(13-7-5-2)22-15-18(23-19)14-21-17-10-8-16(20-3)9-11-17/h8-11,18H,4-7,12-15H2,1-3H3/t18-/m1/s1. The first kappa shape index (κ1) is 18.1. The van der Waals surface area contributed by atoms with Gasteiger partial charge in [0.1, 0.15) is 24.2 Å². The van der Waals surface area contributed by atoms with Crippen molar-refractivity contribution in [2.24, 2.45) is 0 Å². The molecule has 1 aromatic carbocycles. The molecule has 0 radical (unpaired) electrons. The Kier molecular flexibility index (Phi) is 7.18. The molecule has 1 aliphatic rings. The van der Waals surface area contributed by atoms with E-state index in [4.69, 9.17) is 18.9 Å². The number of unbranched alkanes of at least 4 members (excludes halogenated alkanes) is 2. The summed E-state index contributed by atoms with van der Waals surface area (Å²) in [6.45, 7) is 5.54. The van der Waals surface area contributed by atoms with E-state index in [9.17, 15) is 0 Å². The minimum Gasteiger partial charge on any atom is -0.497 e. The summed E-state index contributed by atoms with van der Waals surface area (Å²) >= 11 is 0. The number of benzene rings is 1. The van der Waals surface area contributed by atoms with Gasteiger partial charge in [-0.15, -0.1) is 0 Å². The molecule has 4 heteroatoms. The summed E-state index contributed by atoms with van der Waals surface area (Å²) in [4.78, 5) is 0. The zero-order valence-corrected chi connectivity index (χ0v) is 14.7. The smallest absolute Gasteiger partial charge is 0.169 e. The molecule has 23 heavy (non-hydrogen) atoms. The van der Waals surface area contributed by atoms with Crippen molar-refractivity contribution in [3.05, 3.63) is 24.3 Å². The quantitative estimate of drug-likeness (QED) is 0.632. The zero-order valence-electron chi connectivity index (χ0n) is 14.7. The highest BCUT2D eigenvalue weighted by Crippen LogP contribution is 2.34. The van der Waals surface area contributed by atoms with E-state index in [1.165, 1.54) is 0 Å². The highest BCUT2D eigenvalue weighted by Gasteiger charge is 2.40. The van der Waals surface area contributed by atoms with E-state index in [1.54, 1.807) is 7.11 Å². The molecule has 0 unspecified atom stereocenters. The maximum absolute atomic E-state index is 6.25. The van der Waals surface area contributed by atoms with Crippen LogP contribution in [0.3, 0.4) is 0 Å². The number of methoxy groups -OCH3 is 1. The normalized spacial score (nSPS) is 19.7. The lowest BCUT2D eigenvalue weighted by Gasteiger charge is -2.28. The van der Waals surface area contributed by atoms with Crippen molar-refractivity contribution >= 4 is 0 Å². The molecular formula is C19H30O4. The molecule has 1 aliphatic heterocycles. The van der Waals surface area contributed by atoms with Crippen LogP contribution in [0.15, 0.2) is 24.3 Å². The summed E-state index contributed by atoms with van der Waals surface area (Å²) in [6.07, 6.45) is 6.54. The summed E-state index contributed by atoms with van der Waals surface area (Å²) in [5.74, 6) is 1.27. The van der Waals surface area contributed by atoms with E-state index in [1.807, 2.05) is 24.3 Å². The van der Waals surface area contributed by atoms with Crippen molar-refractivity contribution in [3.8, 4) is 11.5 Å². The van der Waals surface area contributed by atoms with Crippen molar-refractivity contribution in [3.63, 3.8) is 0 Å². The predicted molar refractivity (Wildman–Crippen MR) is 91.1 cm³/mol. The monoisotopic (exact) mass is 322 g/mol. The lowest BCUT2D eigenvalue weighted by Crippen LogP contribution is -2.32. The molecule has 0 spiro atoms. The Balaban J connectivity index is 1.84. The Morgan fingerprint density at radius 2 is 1.65 bits per heavy atom. The SMILES string of the molecule is CCCCC1(CCCC)OC[C@@H](COc2ccc(OC)cc2)O1. The minimum atomic E-state index is -0.389. The van der Waals surface area contributed by atoms with Gasteiger partial charge in [0, 0.05) is 12.8 Å². The van der Waals surface area contributed by atoms with Gasteiger partial charge >= 0.3 is 0 Å². The Bertz CT molecular complexity index is 435. The van der Waals surface area contributed by atoms with Gasteiger partial charge in [0.25, 0.3) is 0 Å². The first-order chi connectivity index (χ1) is 11.2. The summed E-state index contributed by atoms with van der Waals surface area (Å²) in [7, 11) is 1.66. The van der Waals surface area contributed by atoms with Crippen LogP contribution in [0.4, 0.5) is 0 Å². The van der Waals surface area contributed by atoms with E-state index >= 15 is 0 Å². The summed E-state index contributed by atoms with van der Waals surface area (Å²) in [5, 5.41) is 0. The topological polar surface area (TPSA) is 36.9 Å². The fraction of sp³-hybridized carbons (Fsp3) is 0.684. The van der Waals surface area contributed by atoms with Crippen LogP contribution in [0.1, 0.15) is 52.4 Å². The van der Waals surface area contributed by atoms with Gasteiger partial charge in [0.2, 0.25) is 0 Å². The molecule has 2 rings (SSSR count). The van der Waals surface area contributed by atoms with Crippen molar-refractivity contribution in [1.29, 1.82) is 0 Å². The van der Waals surface area contributed by atoms with Crippen molar-refractivity contribution in [2.75, 3.05) is 20.3 Å². The molecular weight excluding hydrogens is 292 g/mol. The van der Waals surface area contributed by atoms with Crippen LogP contribution in [0.2, 0.25) is 0 Å². The van der Waals surface area contributed by atoms with Gasteiger partial charge in [-0.1, -0.05) is 26.7 Å². The van der Waals surface area contributed by atoms with Crippen LogP contribution in [0.5, 0.6) is 11.5 Å². The van der Waals surface area contributed by atoms with Crippen LogP contribution < -0.4 is 9.47 Å². The largest absolute Gasteiger partial charge is 0.497 e. The predicted octanol–water partition coefficient (Wildman–Crippen LogP) is 4.57. The Morgan fingerprint density at radius 1 is 1.04 bits per heavy atom. The molecule has 0 aromatic heterocycles. The van der Waals surface area contributed by atoms with Crippen LogP contribution in [-0.4, -0.2) is 32.2 Å². The lowest BCUT2D eigenvalue weighted by molar-refractivity contribution is -0.181. The van der Waals surface area contributed by atoms with Gasteiger partial charge in [0.15, 0.2) is 5.79 Å². The summed E-state index contributed by atoms with van der Waals surface area (Å²) in [5.41, 5.74) is 0. The number of hydrogen-bond acceptors (Lipinski definition) is 4. The summed E-state index contributed by atoms with van der Waals surface area (Å²) < 4.78 is 23.3. The molecule has 0 amide bonds. The maximum Gasteiger partial charge on any atom is 0.169 e. The average molecular weight is 322 g/mol. The third kappa shape index (κ3) is 5.40. The van der Waals surface area contributed by atoms with Gasteiger partial charge in [-0.25, -0.2) is 0 Å². The summed E-state index contributed by atoms with van der Waals surface area (Å²) in [6, 6.07) is 7.62. The molecule has 1 aromatic rings. The van der Waals surface area contributed by atoms with Gasteiger partial charge in [-0.05, 0) is 37.1 Å². The molecule has 1 atom stereocenters. The van der Waals surface area contributed by atoms with Gasteiger partial charge < -0.3 is 18.9 Å². The van der Waals surface area contributed by atoms with Crippen LogP contribution >= 0.6 is 0 Å². The van der Waals surface area contributed by atoms with Crippen LogP contribution in [0, 0.1) is 0 Å². The van der Waals surface area contributed by atoms with Crippen LogP contribution in [0.25, 0.3) is 0 Å². The van der Waals surface area contributed by atoms with Gasteiger partial charge in [0.05, 0.1) is 13.7 Å². The maximum atomic E-state index is 6.25. The average Bonchev–Trinajstić information content (AvgIpc) is 3.00. The third-order valence-electron chi connectivity index (χ3n) is 4.23. The fourth-order valence-electron chi connectivity index (χ4n) is 2.84. The molecule has 0 N–H and O–H groups in total. The molecule has 1 heterocycles. The van der Waals surface area contributed by atoms with E-state index in [0.717, 1.165) is 50.0 Å². The van der Waals surface area contributed by atoms with Crippen molar-refractivity contribution < 1.29 is 18.9 Å². The Labute approximate surface area is 140 Å². The third-order valence-corrected chi connectivity index (χ3v) is 4.23. The highest BCUT2D eigenvalue weighted by molar-refractivity contribution is 5.31. The minimum absolute atomic E-state index is 0.00538. The molecule has 0 saturated carbocycles. The van der Waals surface area contributed by atoms with Crippen LogP contribution in [-0.2, 0) is 9.47 Å². The first-order valence-corrected chi connectivity index (χ1v) is 8.80. The zero-order chi connectivity index (χ0) is 16.5. The number of ether oxygens (including phenoxy) is 4.